The number of carboxylic acid groups (broad SMARTS) is 1. The van der Waals surface area contributed by atoms with Gasteiger partial charge in [-0.3, -0.25) is 9.36 Å². The van der Waals surface area contributed by atoms with Crippen molar-refractivity contribution in [3.05, 3.63) is 56.1 Å². The minimum absolute atomic E-state index is 0.370. The van der Waals surface area contributed by atoms with Crippen LogP contribution in [0.25, 0.3) is 16.8 Å². The molecule has 132 valence electrons. The number of nitrogens with zero attached hydrogens (tertiary/aromatic N) is 5. The van der Waals surface area contributed by atoms with Gasteiger partial charge in [0.1, 0.15) is 12.4 Å². The van der Waals surface area contributed by atoms with Crippen molar-refractivity contribution in [2.24, 2.45) is 0 Å². The lowest BCUT2D eigenvalue weighted by Gasteiger charge is -2.16. The molecule has 3 heterocycles. The Morgan fingerprint density at radius 1 is 1.31 bits per heavy atom. The quantitative estimate of drug-likeness (QED) is 0.676. The summed E-state index contributed by atoms with van der Waals surface area (Å²) in [7, 11) is 0. The lowest BCUT2D eigenvalue weighted by atomic mass is 10.0. The van der Waals surface area contributed by atoms with Crippen molar-refractivity contribution in [1.82, 2.24) is 24.8 Å². The standard InChI is InChI=1S/C16H11BrClN5O3/c17-15-10(6-14(24)23-12(15)3-4-13(23)16(25)26)9-5-8(18)1-2-11(9)22-7-19-20-21-22/h1-2,5-7,13H,3-4H2,(H,25,26)/t13-/m0/s1. The van der Waals surface area contributed by atoms with Crippen LogP contribution in [0, 0.1) is 0 Å². The Morgan fingerprint density at radius 3 is 2.81 bits per heavy atom. The fourth-order valence-corrected chi connectivity index (χ4v) is 4.14. The minimum atomic E-state index is -1.01. The zero-order valence-electron chi connectivity index (χ0n) is 13.1. The van der Waals surface area contributed by atoms with Gasteiger partial charge in [0.25, 0.3) is 5.56 Å². The molecule has 0 saturated carbocycles. The highest BCUT2D eigenvalue weighted by Crippen LogP contribution is 2.38. The molecule has 3 aromatic rings. The normalized spacial score (nSPS) is 15.8. The summed E-state index contributed by atoms with van der Waals surface area (Å²) < 4.78 is 3.47. The zero-order valence-corrected chi connectivity index (χ0v) is 15.5. The molecule has 4 rings (SSSR count). The summed E-state index contributed by atoms with van der Waals surface area (Å²) in [5, 5.41) is 21.0. The van der Waals surface area contributed by atoms with Crippen molar-refractivity contribution in [2.45, 2.75) is 18.9 Å². The van der Waals surface area contributed by atoms with Crippen molar-refractivity contribution in [3.8, 4) is 16.8 Å². The third-order valence-corrected chi connectivity index (χ3v) is 5.50. The van der Waals surface area contributed by atoms with Gasteiger partial charge >= 0.3 is 5.97 Å². The first-order valence-electron chi connectivity index (χ1n) is 7.67. The number of carboxylic acids is 1. The van der Waals surface area contributed by atoms with E-state index in [4.69, 9.17) is 11.6 Å². The summed E-state index contributed by atoms with van der Waals surface area (Å²) >= 11 is 9.71. The number of aliphatic carboxylic acids is 1. The van der Waals surface area contributed by atoms with Crippen LogP contribution in [0.15, 0.2) is 39.9 Å². The minimum Gasteiger partial charge on any atom is -0.480 e. The highest BCUT2D eigenvalue weighted by molar-refractivity contribution is 9.10. The molecule has 0 amide bonds. The number of benzene rings is 1. The van der Waals surface area contributed by atoms with Gasteiger partial charge in [0.2, 0.25) is 0 Å². The second-order valence-electron chi connectivity index (χ2n) is 5.84. The molecule has 0 saturated heterocycles. The van der Waals surface area contributed by atoms with E-state index in [0.29, 0.717) is 44.8 Å². The van der Waals surface area contributed by atoms with Crippen LogP contribution in [-0.2, 0) is 11.2 Å². The first-order valence-corrected chi connectivity index (χ1v) is 8.84. The predicted octanol–water partition coefficient (Wildman–Crippen LogP) is 2.48. The number of tetrazole rings is 1. The molecule has 1 aliphatic rings. The Balaban J connectivity index is 1.97. The summed E-state index contributed by atoms with van der Waals surface area (Å²) in [4.78, 5) is 24.1. The molecule has 1 aromatic carbocycles. The summed E-state index contributed by atoms with van der Waals surface area (Å²) in [5.41, 5.74) is 2.21. The van der Waals surface area contributed by atoms with Crippen molar-refractivity contribution in [2.75, 3.05) is 0 Å². The molecule has 0 spiro atoms. The van der Waals surface area contributed by atoms with E-state index in [-0.39, 0.29) is 5.56 Å². The van der Waals surface area contributed by atoms with E-state index in [0.717, 1.165) is 0 Å². The van der Waals surface area contributed by atoms with Crippen LogP contribution in [0.2, 0.25) is 5.02 Å². The maximum Gasteiger partial charge on any atom is 0.326 e. The van der Waals surface area contributed by atoms with Gasteiger partial charge in [-0.1, -0.05) is 11.6 Å². The summed E-state index contributed by atoms with van der Waals surface area (Å²) in [5.74, 6) is -1.01. The second-order valence-corrected chi connectivity index (χ2v) is 7.06. The van der Waals surface area contributed by atoms with E-state index in [1.165, 1.54) is 21.6 Å². The van der Waals surface area contributed by atoms with Crippen LogP contribution in [0.3, 0.4) is 0 Å². The molecule has 1 atom stereocenters. The molecule has 8 nitrogen and oxygen atoms in total. The summed E-state index contributed by atoms with van der Waals surface area (Å²) in [6, 6.07) is 5.75. The summed E-state index contributed by atoms with van der Waals surface area (Å²) in [6.45, 7) is 0. The molecule has 0 bridgehead atoms. The Kier molecular flexibility index (Phi) is 4.12. The Morgan fingerprint density at radius 2 is 2.12 bits per heavy atom. The topological polar surface area (TPSA) is 103 Å². The van der Waals surface area contributed by atoms with E-state index < -0.39 is 12.0 Å². The SMILES string of the molecule is O=C(O)[C@@H]1CCc2c(Br)c(-c3cc(Cl)ccc3-n3cnnn3)cc(=O)n21. The van der Waals surface area contributed by atoms with Gasteiger partial charge in [-0.25, -0.2) is 4.79 Å². The fourth-order valence-electron chi connectivity index (χ4n) is 3.25. The van der Waals surface area contributed by atoms with Crippen LogP contribution < -0.4 is 5.56 Å². The van der Waals surface area contributed by atoms with Crippen molar-refractivity contribution in [1.29, 1.82) is 0 Å². The molecule has 0 aliphatic carbocycles. The largest absolute Gasteiger partial charge is 0.480 e. The third-order valence-electron chi connectivity index (χ3n) is 4.38. The molecule has 2 aromatic heterocycles. The smallest absolute Gasteiger partial charge is 0.326 e. The number of pyridine rings is 1. The Bertz CT molecular complexity index is 1080. The highest BCUT2D eigenvalue weighted by atomic mass is 79.9. The van der Waals surface area contributed by atoms with Crippen molar-refractivity contribution >= 4 is 33.5 Å². The predicted molar refractivity (Wildman–Crippen MR) is 96.6 cm³/mol. The molecule has 0 radical (unpaired) electrons. The van der Waals surface area contributed by atoms with Crippen LogP contribution in [-0.4, -0.2) is 35.9 Å². The van der Waals surface area contributed by atoms with Crippen LogP contribution >= 0.6 is 27.5 Å². The van der Waals surface area contributed by atoms with Gasteiger partial charge in [-0.15, -0.1) is 5.10 Å². The number of hydrogen-bond donors (Lipinski definition) is 1. The summed E-state index contributed by atoms with van der Waals surface area (Å²) in [6.07, 6.45) is 2.31. The van der Waals surface area contributed by atoms with Gasteiger partial charge in [-0.2, -0.15) is 4.68 Å². The van der Waals surface area contributed by atoms with E-state index in [9.17, 15) is 14.7 Å². The van der Waals surface area contributed by atoms with E-state index in [1.807, 2.05) is 0 Å². The number of rotatable bonds is 3. The number of aromatic nitrogens is 5. The lowest BCUT2D eigenvalue weighted by Crippen LogP contribution is -2.27. The molecule has 0 unspecified atom stereocenters. The first-order chi connectivity index (χ1) is 12.5. The Labute approximate surface area is 160 Å². The third kappa shape index (κ3) is 2.63. The lowest BCUT2D eigenvalue weighted by molar-refractivity contribution is -0.140. The van der Waals surface area contributed by atoms with Gasteiger partial charge in [0, 0.05) is 32.4 Å². The van der Waals surface area contributed by atoms with Crippen molar-refractivity contribution in [3.63, 3.8) is 0 Å². The average Bonchev–Trinajstić information content (AvgIpc) is 3.27. The number of hydrogen-bond acceptors (Lipinski definition) is 5. The van der Waals surface area contributed by atoms with Gasteiger partial charge < -0.3 is 5.11 Å². The van der Waals surface area contributed by atoms with Gasteiger partial charge in [0.05, 0.1) is 5.69 Å². The fraction of sp³-hybridized carbons (Fsp3) is 0.188. The molecule has 1 aliphatic heterocycles. The van der Waals surface area contributed by atoms with Gasteiger partial charge in [-0.05, 0) is 57.4 Å². The van der Waals surface area contributed by atoms with E-state index in [1.54, 1.807) is 18.2 Å². The van der Waals surface area contributed by atoms with Crippen LogP contribution in [0.5, 0.6) is 0 Å². The van der Waals surface area contributed by atoms with Crippen LogP contribution in [0.1, 0.15) is 18.2 Å². The Hall–Kier alpha value is -2.52. The first kappa shape index (κ1) is 16.9. The van der Waals surface area contributed by atoms with Crippen LogP contribution in [0.4, 0.5) is 0 Å². The maximum atomic E-state index is 12.7. The monoisotopic (exact) mass is 435 g/mol. The maximum absolute atomic E-state index is 12.7. The zero-order chi connectivity index (χ0) is 18.4. The second kappa shape index (κ2) is 6.33. The number of carbonyl (C=O) groups is 1. The number of fused-ring (bicyclic) bond motifs is 1. The molecular formula is C16H11BrClN5O3. The van der Waals surface area contributed by atoms with E-state index >= 15 is 0 Å². The van der Waals surface area contributed by atoms with Gasteiger partial charge in [0.15, 0.2) is 0 Å². The highest BCUT2D eigenvalue weighted by Gasteiger charge is 2.32. The number of halogens is 2. The van der Waals surface area contributed by atoms with Crippen molar-refractivity contribution < 1.29 is 9.90 Å². The molecule has 0 fully saturated rings. The molecular weight excluding hydrogens is 426 g/mol. The average molecular weight is 437 g/mol. The molecule has 26 heavy (non-hydrogen) atoms. The van der Waals surface area contributed by atoms with E-state index in [2.05, 4.69) is 31.5 Å². The molecule has 1 N–H and O–H groups in total. The molecule has 10 heteroatoms.